The number of halogens is 3. The molecule has 0 atom stereocenters. The number of hydrogen-bond donors (Lipinski definition) is 0. The van der Waals surface area contributed by atoms with Gasteiger partial charge in [-0.3, -0.25) is 0 Å². The Bertz CT molecular complexity index is 639. The summed E-state index contributed by atoms with van der Waals surface area (Å²) in [4.78, 5) is 10.7. The molecule has 0 unspecified atom stereocenters. The van der Waals surface area contributed by atoms with E-state index in [0.29, 0.717) is 17.9 Å². The fraction of sp³-hybridized carbons (Fsp3) is 0.235. The molecule has 0 aliphatic heterocycles. The molecule has 0 saturated carbocycles. The topological polar surface area (TPSA) is 35.5 Å². The molecule has 2 rings (SSSR count). The normalized spacial score (nSPS) is 11.1. The van der Waals surface area contributed by atoms with Gasteiger partial charge in [-0.1, -0.05) is 48.5 Å². The summed E-state index contributed by atoms with van der Waals surface area (Å²) >= 11 is 0. The highest BCUT2D eigenvalue weighted by molar-refractivity contribution is 5.75. The first-order valence-electron chi connectivity index (χ1n) is 6.95. The van der Waals surface area contributed by atoms with Crippen molar-refractivity contribution in [2.75, 3.05) is 6.61 Å². The third kappa shape index (κ3) is 5.32. The third-order valence-corrected chi connectivity index (χ3v) is 3.05. The second-order valence-corrected chi connectivity index (χ2v) is 4.77. The SMILES string of the molecule is O=C(OCCc1ccccc1OCc1ccccc1)C(F)(F)F. The summed E-state index contributed by atoms with van der Waals surface area (Å²) in [5, 5.41) is 0. The zero-order chi connectivity index (χ0) is 16.7. The Morgan fingerprint density at radius 3 is 2.30 bits per heavy atom. The van der Waals surface area contributed by atoms with Crippen LogP contribution in [0.4, 0.5) is 13.2 Å². The fourth-order valence-corrected chi connectivity index (χ4v) is 1.92. The molecule has 6 heteroatoms. The minimum Gasteiger partial charge on any atom is -0.489 e. The van der Waals surface area contributed by atoms with Crippen LogP contribution in [0, 0.1) is 0 Å². The van der Waals surface area contributed by atoms with Crippen molar-refractivity contribution < 1.29 is 27.4 Å². The van der Waals surface area contributed by atoms with E-state index in [1.165, 1.54) is 0 Å². The number of para-hydroxylation sites is 1. The Morgan fingerprint density at radius 1 is 0.957 bits per heavy atom. The average Bonchev–Trinajstić information content (AvgIpc) is 2.54. The molecule has 0 aliphatic rings. The quantitative estimate of drug-likeness (QED) is 0.756. The second-order valence-electron chi connectivity index (χ2n) is 4.77. The Kier molecular flexibility index (Phi) is 5.62. The Hall–Kier alpha value is -2.50. The van der Waals surface area contributed by atoms with Gasteiger partial charge >= 0.3 is 12.1 Å². The van der Waals surface area contributed by atoms with Crippen LogP contribution in [0.2, 0.25) is 0 Å². The molecule has 122 valence electrons. The lowest BCUT2D eigenvalue weighted by atomic mass is 10.1. The monoisotopic (exact) mass is 324 g/mol. The number of carbonyl (C=O) groups is 1. The number of ether oxygens (including phenoxy) is 2. The zero-order valence-corrected chi connectivity index (χ0v) is 12.2. The van der Waals surface area contributed by atoms with Crippen molar-refractivity contribution in [1.29, 1.82) is 0 Å². The molecule has 2 aromatic rings. The van der Waals surface area contributed by atoms with Crippen molar-refractivity contribution in [3.8, 4) is 5.75 Å². The first-order valence-corrected chi connectivity index (χ1v) is 6.95. The van der Waals surface area contributed by atoms with Gasteiger partial charge in [0.2, 0.25) is 0 Å². The third-order valence-electron chi connectivity index (χ3n) is 3.05. The average molecular weight is 324 g/mol. The van der Waals surface area contributed by atoms with Gasteiger partial charge in [-0.05, 0) is 17.2 Å². The predicted octanol–water partition coefficient (Wildman–Crippen LogP) is 3.91. The molecule has 0 fully saturated rings. The predicted molar refractivity (Wildman–Crippen MR) is 77.9 cm³/mol. The van der Waals surface area contributed by atoms with E-state index < -0.39 is 12.1 Å². The summed E-state index contributed by atoms with van der Waals surface area (Å²) in [7, 11) is 0. The van der Waals surface area contributed by atoms with Gasteiger partial charge in [0, 0.05) is 6.42 Å². The molecule has 3 nitrogen and oxygen atoms in total. The number of benzene rings is 2. The maximum atomic E-state index is 12.1. The van der Waals surface area contributed by atoms with E-state index >= 15 is 0 Å². The fourth-order valence-electron chi connectivity index (χ4n) is 1.92. The van der Waals surface area contributed by atoms with E-state index in [4.69, 9.17) is 4.74 Å². The van der Waals surface area contributed by atoms with Gasteiger partial charge < -0.3 is 9.47 Å². The summed E-state index contributed by atoms with van der Waals surface area (Å²) in [6.07, 6.45) is -4.82. The molecular weight excluding hydrogens is 309 g/mol. The zero-order valence-electron chi connectivity index (χ0n) is 12.2. The minimum atomic E-state index is -4.97. The maximum absolute atomic E-state index is 12.1. The number of rotatable bonds is 6. The van der Waals surface area contributed by atoms with E-state index in [0.717, 1.165) is 5.56 Å². The minimum absolute atomic E-state index is 0.146. The largest absolute Gasteiger partial charge is 0.490 e. The van der Waals surface area contributed by atoms with E-state index in [2.05, 4.69) is 4.74 Å². The molecule has 0 N–H and O–H groups in total. The number of hydrogen-bond acceptors (Lipinski definition) is 3. The van der Waals surface area contributed by atoms with E-state index in [1.54, 1.807) is 24.3 Å². The summed E-state index contributed by atoms with van der Waals surface area (Å²) < 4.78 is 46.1. The van der Waals surface area contributed by atoms with Crippen LogP contribution in [-0.4, -0.2) is 18.8 Å². The Labute approximate surface area is 131 Å². The van der Waals surface area contributed by atoms with Gasteiger partial charge in [-0.25, -0.2) is 4.79 Å². The highest BCUT2D eigenvalue weighted by Gasteiger charge is 2.40. The summed E-state index contributed by atoms with van der Waals surface area (Å²) in [6, 6.07) is 16.5. The van der Waals surface area contributed by atoms with Gasteiger partial charge in [0.25, 0.3) is 0 Å². The molecule has 0 bridgehead atoms. The smallest absolute Gasteiger partial charge is 0.489 e. The summed E-state index contributed by atoms with van der Waals surface area (Å²) in [5.74, 6) is -1.63. The van der Waals surface area contributed by atoms with Crippen LogP contribution in [-0.2, 0) is 22.6 Å². The van der Waals surface area contributed by atoms with Gasteiger partial charge in [0.05, 0.1) is 6.61 Å². The number of carbonyl (C=O) groups excluding carboxylic acids is 1. The van der Waals surface area contributed by atoms with Crippen molar-refractivity contribution >= 4 is 5.97 Å². The van der Waals surface area contributed by atoms with Crippen molar-refractivity contribution in [3.05, 3.63) is 65.7 Å². The molecule has 0 spiro atoms. The standard InChI is InChI=1S/C17H15F3O3/c18-17(19,20)16(21)22-11-10-14-8-4-5-9-15(14)23-12-13-6-2-1-3-7-13/h1-9H,10-12H2. The van der Waals surface area contributed by atoms with Gasteiger partial charge in [-0.15, -0.1) is 0 Å². The van der Waals surface area contributed by atoms with E-state index in [-0.39, 0.29) is 13.0 Å². The lowest BCUT2D eigenvalue weighted by molar-refractivity contribution is -0.199. The van der Waals surface area contributed by atoms with Crippen LogP contribution in [0.5, 0.6) is 5.75 Å². The molecule has 0 aliphatic carbocycles. The van der Waals surface area contributed by atoms with Crippen molar-refractivity contribution in [2.45, 2.75) is 19.2 Å². The van der Waals surface area contributed by atoms with Gasteiger partial charge in [0.15, 0.2) is 0 Å². The Morgan fingerprint density at radius 2 is 1.61 bits per heavy atom. The first kappa shape index (κ1) is 16.9. The molecule has 2 aromatic carbocycles. The van der Waals surface area contributed by atoms with Crippen LogP contribution in [0.25, 0.3) is 0 Å². The van der Waals surface area contributed by atoms with Crippen LogP contribution in [0.1, 0.15) is 11.1 Å². The number of esters is 1. The molecule has 0 amide bonds. The molecule has 23 heavy (non-hydrogen) atoms. The highest BCUT2D eigenvalue weighted by atomic mass is 19.4. The van der Waals surface area contributed by atoms with Gasteiger partial charge in [0.1, 0.15) is 12.4 Å². The van der Waals surface area contributed by atoms with Crippen LogP contribution >= 0.6 is 0 Å². The van der Waals surface area contributed by atoms with Gasteiger partial charge in [-0.2, -0.15) is 13.2 Å². The highest BCUT2D eigenvalue weighted by Crippen LogP contribution is 2.21. The summed E-state index contributed by atoms with van der Waals surface area (Å²) in [5.41, 5.74) is 1.66. The molecular formula is C17H15F3O3. The molecule has 0 heterocycles. The van der Waals surface area contributed by atoms with E-state index in [1.807, 2.05) is 30.3 Å². The van der Waals surface area contributed by atoms with Crippen LogP contribution in [0.3, 0.4) is 0 Å². The van der Waals surface area contributed by atoms with Crippen molar-refractivity contribution in [1.82, 2.24) is 0 Å². The van der Waals surface area contributed by atoms with Crippen LogP contribution in [0.15, 0.2) is 54.6 Å². The second kappa shape index (κ2) is 7.67. The van der Waals surface area contributed by atoms with E-state index in [9.17, 15) is 18.0 Å². The Balaban J connectivity index is 1.91. The first-order chi connectivity index (χ1) is 11.0. The maximum Gasteiger partial charge on any atom is 0.490 e. The molecule has 0 radical (unpaired) electrons. The molecule has 0 saturated heterocycles. The van der Waals surface area contributed by atoms with Crippen molar-refractivity contribution in [2.24, 2.45) is 0 Å². The van der Waals surface area contributed by atoms with Crippen LogP contribution < -0.4 is 4.74 Å². The summed E-state index contributed by atoms with van der Waals surface area (Å²) in [6.45, 7) is -0.00968. The lowest BCUT2D eigenvalue weighted by Crippen LogP contribution is -2.26. The van der Waals surface area contributed by atoms with Crippen molar-refractivity contribution in [3.63, 3.8) is 0 Å². The molecule has 0 aromatic heterocycles. The number of alkyl halides is 3. The lowest BCUT2D eigenvalue weighted by Gasteiger charge is -2.12.